The highest BCUT2D eigenvalue weighted by Crippen LogP contribution is 2.22. The summed E-state index contributed by atoms with van der Waals surface area (Å²) in [6.07, 6.45) is 1.01. The summed E-state index contributed by atoms with van der Waals surface area (Å²) in [6, 6.07) is 5.36. The molecule has 3 amide bonds. The van der Waals surface area contributed by atoms with Crippen LogP contribution in [0.5, 0.6) is 11.5 Å². The number of carbonyl (C=O) groups is 2. The Hall–Kier alpha value is -2.42. The normalized spacial score (nSPS) is 19.0. The van der Waals surface area contributed by atoms with Gasteiger partial charge in [-0.3, -0.25) is 0 Å². The molecular formula is C13H15N2O6S+. The molecule has 0 N–H and O–H groups in total. The average Bonchev–Trinajstić information content (AvgIpc) is 2.48. The van der Waals surface area contributed by atoms with Crippen LogP contribution in [0.3, 0.4) is 0 Å². The first-order valence-corrected chi connectivity index (χ1v) is 7.70. The molecule has 0 aliphatic carbocycles. The number of rotatable bonds is 4. The lowest BCUT2D eigenvalue weighted by atomic mass is 10.3. The van der Waals surface area contributed by atoms with Gasteiger partial charge in [0.1, 0.15) is 17.7 Å². The van der Waals surface area contributed by atoms with Gasteiger partial charge in [0.2, 0.25) is 0 Å². The van der Waals surface area contributed by atoms with Gasteiger partial charge >= 0.3 is 22.1 Å². The first-order chi connectivity index (χ1) is 10.3. The number of methoxy groups -OCH3 is 1. The predicted molar refractivity (Wildman–Crippen MR) is 76.7 cm³/mol. The number of benzene rings is 1. The smallest absolute Gasteiger partial charge is 0.497 e. The number of imide groups is 1. The summed E-state index contributed by atoms with van der Waals surface area (Å²) in [5.41, 5.74) is 0. The fraction of sp³-hybridized carbons (Fsp3) is 0.308. The van der Waals surface area contributed by atoms with Gasteiger partial charge < -0.3 is 8.92 Å². The van der Waals surface area contributed by atoms with Gasteiger partial charge in [0.05, 0.1) is 21.2 Å². The minimum atomic E-state index is -4.30. The highest BCUT2D eigenvalue weighted by atomic mass is 32.2. The summed E-state index contributed by atoms with van der Waals surface area (Å²) >= 11 is 0. The molecule has 1 unspecified atom stereocenters. The number of urea groups is 1. The van der Waals surface area contributed by atoms with Crippen molar-refractivity contribution < 1.29 is 31.5 Å². The van der Waals surface area contributed by atoms with E-state index in [4.69, 9.17) is 8.92 Å². The summed E-state index contributed by atoms with van der Waals surface area (Å²) in [7, 11) is -0.293. The highest BCUT2D eigenvalue weighted by Gasteiger charge is 2.47. The molecule has 1 atom stereocenters. The molecule has 0 spiro atoms. The summed E-state index contributed by atoms with van der Waals surface area (Å²) < 4.78 is 35.5. The third-order valence-corrected chi connectivity index (χ3v) is 4.46. The minimum absolute atomic E-state index is 0.0164. The molecule has 0 saturated heterocycles. The third kappa shape index (κ3) is 2.93. The van der Waals surface area contributed by atoms with Crippen molar-refractivity contribution in [1.29, 1.82) is 0 Å². The lowest BCUT2D eigenvalue weighted by molar-refractivity contribution is -0.399. The monoisotopic (exact) mass is 327 g/mol. The topological polar surface area (TPSA) is 93.0 Å². The fourth-order valence-corrected chi connectivity index (χ4v) is 3.10. The Labute approximate surface area is 127 Å². The van der Waals surface area contributed by atoms with Gasteiger partial charge in [-0.2, -0.15) is 18.1 Å². The van der Waals surface area contributed by atoms with Crippen LogP contribution in [0.15, 0.2) is 24.3 Å². The van der Waals surface area contributed by atoms with Crippen molar-refractivity contribution in [1.82, 2.24) is 4.90 Å². The zero-order valence-electron chi connectivity index (χ0n) is 12.2. The Morgan fingerprint density at radius 3 is 2.50 bits per heavy atom. The largest absolute Gasteiger partial charge is 0.500 e. The molecule has 8 nitrogen and oxygen atoms in total. The van der Waals surface area contributed by atoms with E-state index in [0.29, 0.717) is 5.75 Å². The van der Waals surface area contributed by atoms with Crippen molar-refractivity contribution in [3.8, 4) is 11.5 Å². The van der Waals surface area contributed by atoms with E-state index in [1.807, 2.05) is 0 Å². The van der Waals surface area contributed by atoms with Crippen LogP contribution in [-0.2, 0) is 14.9 Å². The molecule has 118 valence electrons. The van der Waals surface area contributed by atoms with Crippen molar-refractivity contribution in [2.24, 2.45) is 0 Å². The third-order valence-electron chi connectivity index (χ3n) is 3.09. The number of amides is 3. The molecule has 1 aliphatic heterocycles. The molecule has 1 heterocycles. The summed E-state index contributed by atoms with van der Waals surface area (Å²) in [5.74, 6) is -0.440. The predicted octanol–water partition coefficient (Wildman–Crippen LogP) is 0.0775. The van der Waals surface area contributed by atoms with Crippen LogP contribution in [-0.4, -0.2) is 62.5 Å². The molecule has 0 radical (unpaired) electrons. The van der Waals surface area contributed by atoms with Gasteiger partial charge in [-0.15, -0.1) is 0 Å². The van der Waals surface area contributed by atoms with Crippen molar-refractivity contribution in [2.45, 2.75) is 5.25 Å². The van der Waals surface area contributed by atoms with E-state index in [9.17, 15) is 18.0 Å². The van der Waals surface area contributed by atoms with Crippen LogP contribution in [0.4, 0.5) is 4.79 Å². The Morgan fingerprint density at radius 2 is 1.86 bits per heavy atom. The van der Waals surface area contributed by atoms with E-state index in [1.165, 1.54) is 33.3 Å². The maximum atomic E-state index is 12.3. The zero-order valence-corrected chi connectivity index (χ0v) is 13.0. The van der Waals surface area contributed by atoms with Crippen LogP contribution >= 0.6 is 0 Å². The van der Waals surface area contributed by atoms with Crippen molar-refractivity contribution in [2.75, 3.05) is 21.2 Å². The van der Waals surface area contributed by atoms with Crippen molar-refractivity contribution >= 4 is 28.3 Å². The number of carbonyl (C=O) groups excluding carboxylic acids is 2. The number of nitrogens with zero attached hydrogens (tertiary/aromatic N) is 2. The number of hydrogen-bond donors (Lipinski definition) is 0. The second kappa shape index (κ2) is 5.76. The van der Waals surface area contributed by atoms with Crippen LogP contribution in [0.2, 0.25) is 0 Å². The molecule has 0 fully saturated rings. The van der Waals surface area contributed by atoms with E-state index >= 15 is 0 Å². The highest BCUT2D eigenvalue weighted by molar-refractivity contribution is 7.89. The van der Waals surface area contributed by atoms with Gasteiger partial charge in [-0.05, 0) is 12.1 Å². The standard InChI is InChI=1S/C13H15N2O6S/c1-14-8-11(12(16)15(2)13(14)17)22(18,19)21-10-6-4-5-9(7-10)20-3/h4-8,11H,1-3H3/q+1. The molecule has 1 aromatic rings. The molecule has 9 heteroatoms. The van der Waals surface area contributed by atoms with Crippen LogP contribution in [0.25, 0.3) is 0 Å². The van der Waals surface area contributed by atoms with Gasteiger partial charge in [0, 0.05) is 6.07 Å². The van der Waals surface area contributed by atoms with E-state index in [0.717, 1.165) is 15.7 Å². The number of ether oxygens (including phenoxy) is 1. The number of hydrogen-bond acceptors (Lipinski definition) is 6. The molecule has 22 heavy (non-hydrogen) atoms. The minimum Gasteiger partial charge on any atom is -0.497 e. The quantitative estimate of drug-likeness (QED) is 0.574. The second-order valence-electron chi connectivity index (χ2n) is 4.62. The van der Waals surface area contributed by atoms with Crippen LogP contribution < -0.4 is 8.92 Å². The first kappa shape index (κ1) is 16.0. The maximum Gasteiger partial charge on any atom is 0.500 e. The molecule has 0 saturated carbocycles. The lowest BCUT2D eigenvalue weighted by Gasteiger charge is -2.19. The molecule has 1 aromatic carbocycles. The Kier molecular flexibility index (Phi) is 4.18. The summed E-state index contributed by atoms with van der Waals surface area (Å²) in [6.45, 7) is 0. The summed E-state index contributed by atoms with van der Waals surface area (Å²) in [5, 5.41) is -1.59. The second-order valence-corrected chi connectivity index (χ2v) is 6.28. The van der Waals surface area contributed by atoms with Crippen molar-refractivity contribution in [3.63, 3.8) is 0 Å². The first-order valence-electron chi connectivity index (χ1n) is 6.23. The molecule has 1 aliphatic rings. The van der Waals surface area contributed by atoms with Gasteiger partial charge in [-0.1, -0.05) is 6.07 Å². The van der Waals surface area contributed by atoms with E-state index in [1.54, 1.807) is 12.1 Å². The SMILES string of the molecule is COc1cccc(OS(=O)(=O)C2C=[N+](C)C(=O)N(C)C2=O)c1. The molecule has 0 bridgehead atoms. The van der Waals surface area contributed by atoms with E-state index in [2.05, 4.69) is 0 Å². The van der Waals surface area contributed by atoms with Crippen molar-refractivity contribution in [3.05, 3.63) is 24.3 Å². The van der Waals surface area contributed by atoms with Gasteiger partial charge in [0.15, 0.2) is 0 Å². The lowest BCUT2D eigenvalue weighted by Crippen LogP contribution is -2.54. The van der Waals surface area contributed by atoms with E-state index < -0.39 is 27.3 Å². The maximum absolute atomic E-state index is 12.3. The zero-order chi connectivity index (χ0) is 16.5. The average molecular weight is 327 g/mol. The molecular weight excluding hydrogens is 312 g/mol. The molecule has 2 rings (SSSR count). The van der Waals surface area contributed by atoms with Gasteiger partial charge in [0.25, 0.3) is 5.25 Å². The molecule has 0 aromatic heterocycles. The van der Waals surface area contributed by atoms with Gasteiger partial charge in [-0.25, -0.2) is 9.37 Å². The van der Waals surface area contributed by atoms with Crippen LogP contribution in [0, 0.1) is 0 Å². The Morgan fingerprint density at radius 1 is 1.23 bits per heavy atom. The van der Waals surface area contributed by atoms with E-state index in [-0.39, 0.29) is 5.75 Å². The Bertz CT molecular complexity index is 756. The Balaban J connectivity index is 2.34. The van der Waals surface area contributed by atoms with Crippen LogP contribution in [0.1, 0.15) is 0 Å². The fourth-order valence-electron chi connectivity index (χ4n) is 1.89. The summed E-state index contributed by atoms with van der Waals surface area (Å²) in [4.78, 5) is 24.3.